The molecule has 0 aliphatic heterocycles. The molecule has 1 aromatic rings. The molecule has 0 aromatic heterocycles. The number of hydrogen-bond acceptors (Lipinski definition) is 4. The van der Waals surface area contributed by atoms with Gasteiger partial charge in [0.25, 0.3) is 0 Å². The highest BCUT2D eigenvalue weighted by Gasteiger charge is 2.14. The number of nitrogens with two attached hydrogens (primary N) is 1. The Hall–Kier alpha value is -1.44. The molecule has 100 valence electrons. The summed E-state index contributed by atoms with van der Waals surface area (Å²) in [5.41, 5.74) is 6.53. The fraction of sp³-hybridized carbons (Fsp3) is 0.364. The average molecular weight is 271 g/mol. The zero-order valence-electron chi connectivity index (χ0n) is 10.4. The van der Waals surface area contributed by atoms with E-state index in [4.69, 9.17) is 5.73 Å². The van der Waals surface area contributed by atoms with Crippen LogP contribution in [0.4, 0.5) is 5.69 Å². The summed E-state index contributed by atoms with van der Waals surface area (Å²) in [4.78, 5) is 11.1. The van der Waals surface area contributed by atoms with Crippen molar-refractivity contribution in [3.05, 3.63) is 23.8 Å². The molecule has 0 saturated heterocycles. The first-order valence-corrected chi connectivity index (χ1v) is 6.93. The van der Waals surface area contributed by atoms with Gasteiger partial charge in [-0.15, -0.1) is 0 Å². The number of hydrogen-bond donors (Lipinski definition) is 3. The minimum atomic E-state index is -3.58. The van der Waals surface area contributed by atoms with Crippen molar-refractivity contribution in [2.75, 3.05) is 18.4 Å². The van der Waals surface area contributed by atoms with Crippen molar-refractivity contribution in [3.63, 3.8) is 0 Å². The van der Waals surface area contributed by atoms with Crippen molar-refractivity contribution in [2.24, 2.45) is 5.73 Å². The molecule has 0 aliphatic rings. The van der Waals surface area contributed by atoms with Gasteiger partial charge in [0, 0.05) is 25.7 Å². The number of rotatable bonds is 5. The number of nitrogens with one attached hydrogen (secondary N) is 2. The third kappa shape index (κ3) is 3.80. The number of sulfonamides is 1. The number of aryl methyl sites for hydroxylation is 1. The van der Waals surface area contributed by atoms with E-state index in [1.54, 1.807) is 13.0 Å². The quantitative estimate of drug-likeness (QED) is 0.711. The van der Waals surface area contributed by atoms with Crippen molar-refractivity contribution < 1.29 is 13.2 Å². The molecule has 0 atom stereocenters. The molecule has 0 fully saturated rings. The largest absolute Gasteiger partial charge is 0.329 e. The second-order valence-corrected chi connectivity index (χ2v) is 5.61. The summed E-state index contributed by atoms with van der Waals surface area (Å²) in [7, 11) is -3.58. The molecule has 1 rings (SSSR count). The van der Waals surface area contributed by atoms with Crippen LogP contribution < -0.4 is 15.8 Å². The molecule has 0 radical (unpaired) electrons. The molecule has 0 unspecified atom stereocenters. The predicted octanol–water partition coefficient (Wildman–Crippen LogP) is 0.190. The van der Waals surface area contributed by atoms with E-state index in [9.17, 15) is 13.2 Å². The summed E-state index contributed by atoms with van der Waals surface area (Å²) < 4.78 is 26.1. The Labute approximate surface area is 107 Å². The molecule has 0 saturated carbocycles. The summed E-state index contributed by atoms with van der Waals surface area (Å²) in [5, 5.41) is 2.59. The van der Waals surface area contributed by atoms with Gasteiger partial charge in [-0.2, -0.15) is 0 Å². The van der Waals surface area contributed by atoms with Crippen LogP contribution in [-0.4, -0.2) is 27.4 Å². The highest BCUT2D eigenvalue weighted by molar-refractivity contribution is 7.89. The van der Waals surface area contributed by atoms with E-state index in [1.807, 2.05) is 0 Å². The third-order valence-corrected chi connectivity index (χ3v) is 3.73. The number of anilines is 1. The maximum atomic E-state index is 11.9. The molecule has 0 aliphatic carbocycles. The second kappa shape index (κ2) is 5.94. The fourth-order valence-electron chi connectivity index (χ4n) is 1.37. The zero-order valence-corrected chi connectivity index (χ0v) is 11.2. The summed E-state index contributed by atoms with van der Waals surface area (Å²) in [6, 6.07) is 4.55. The first-order valence-electron chi connectivity index (χ1n) is 5.45. The molecule has 1 amide bonds. The Balaban J connectivity index is 3.08. The lowest BCUT2D eigenvalue weighted by molar-refractivity contribution is -0.114. The van der Waals surface area contributed by atoms with Gasteiger partial charge in [0.05, 0.1) is 4.90 Å². The highest BCUT2D eigenvalue weighted by atomic mass is 32.2. The van der Waals surface area contributed by atoms with Crippen molar-refractivity contribution in [3.8, 4) is 0 Å². The van der Waals surface area contributed by atoms with Crippen molar-refractivity contribution in [1.82, 2.24) is 4.72 Å². The van der Waals surface area contributed by atoms with Crippen LogP contribution in [0.25, 0.3) is 0 Å². The standard InChI is InChI=1S/C11H17N3O3S/c1-8-3-4-10(7-11(8)14-9(2)15)18(16,17)13-6-5-12/h3-4,7,13H,5-6,12H2,1-2H3,(H,14,15). The molecule has 1 aromatic carbocycles. The lowest BCUT2D eigenvalue weighted by atomic mass is 10.2. The first-order chi connectivity index (χ1) is 8.36. The van der Waals surface area contributed by atoms with Gasteiger partial charge in [-0.05, 0) is 24.6 Å². The Morgan fingerprint density at radius 1 is 1.39 bits per heavy atom. The molecular weight excluding hydrogens is 254 g/mol. The van der Waals surface area contributed by atoms with Crippen molar-refractivity contribution in [2.45, 2.75) is 18.7 Å². The molecule has 6 nitrogen and oxygen atoms in total. The van der Waals surface area contributed by atoms with Crippen LogP contribution in [0.2, 0.25) is 0 Å². The van der Waals surface area contributed by atoms with Gasteiger partial charge in [0.2, 0.25) is 15.9 Å². The van der Waals surface area contributed by atoms with Gasteiger partial charge in [-0.25, -0.2) is 13.1 Å². The van der Waals surface area contributed by atoms with E-state index >= 15 is 0 Å². The van der Waals surface area contributed by atoms with Crippen LogP contribution in [0.3, 0.4) is 0 Å². The van der Waals surface area contributed by atoms with E-state index in [1.165, 1.54) is 19.1 Å². The van der Waals surface area contributed by atoms with Crippen LogP contribution in [0, 0.1) is 6.92 Å². The minimum absolute atomic E-state index is 0.102. The fourth-order valence-corrected chi connectivity index (χ4v) is 2.44. The Bertz CT molecular complexity index is 540. The minimum Gasteiger partial charge on any atom is -0.329 e. The van der Waals surface area contributed by atoms with Crippen LogP contribution in [-0.2, 0) is 14.8 Å². The molecule has 0 heterocycles. The lowest BCUT2D eigenvalue weighted by Gasteiger charge is -2.10. The van der Waals surface area contributed by atoms with Gasteiger partial charge in [-0.1, -0.05) is 6.07 Å². The van der Waals surface area contributed by atoms with E-state index in [0.29, 0.717) is 5.69 Å². The normalized spacial score (nSPS) is 11.3. The van der Waals surface area contributed by atoms with E-state index in [0.717, 1.165) is 5.56 Å². The van der Waals surface area contributed by atoms with Crippen LogP contribution in [0.1, 0.15) is 12.5 Å². The Morgan fingerprint density at radius 2 is 2.06 bits per heavy atom. The smallest absolute Gasteiger partial charge is 0.240 e. The van der Waals surface area contributed by atoms with Crippen LogP contribution in [0.15, 0.2) is 23.1 Å². The molecular formula is C11H17N3O3S. The Morgan fingerprint density at radius 3 is 2.61 bits per heavy atom. The predicted molar refractivity (Wildman–Crippen MR) is 69.7 cm³/mol. The molecule has 18 heavy (non-hydrogen) atoms. The van der Waals surface area contributed by atoms with Crippen molar-refractivity contribution in [1.29, 1.82) is 0 Å². The van der Waals surface area contributed by atoms with Gasteiger partial charge < -0.3 is 11.1 Å². The van der Waals surface area contributed by atoms with E-state index < -0.39 is 10.0 Å². The van der Waals surface area contributed by atoms with Crippen molar-refractivity contribution >= 4 is 21.6 Å². The zero-order chi connectivity index (χ0) is 13.8. The van der Waals surface area contributed by atoms with Gasteiger partial charge in [0.1, 0.15) is 0 Å². The number of benzene rings is 1. The summed E-state index contributed by atoms with van der Waals surface area (Å²) in [5.74, 6) is -0.248. The van der Waals surface area contributed by atoms with Gasteiger partial charge in [0.15, 0.2) is 0 Å². The number of amides is 1. The van der Waals surface area contributed by atoms with Crippen LogP contribution >= 0.6 is 0 Å². The monoisotopic (exact) mass is 271 g/mol. The summed E-state index contributed by atoms with van der Waals surface area (Å²) in [6.07, 6.45) is 0. The summed E-state index contributed by atoms with van der Waals surface area (Å²) in [6.45, 7) is 3.55. The number of carbonyl (C=O) groups excluding carboxylic acids is 1. The van der Waals surface area contributed by atoms with E-state index in [-0.39, 0.29) is 23.9 Å². The maximum absolute atomic E-state index is 11.9. The van der Waals surface area contributed by atoms with Gasteiger partial charge in [-0.3, -0.25) is 4.79 Å². The molecule has 0 spiro atoms. The number of carbonyl (C=O) groups is 1. The Kier molecular flexibility index (Phi) is 4.83. The van der Waals surface area contributed by atoms with E-state index in [2.05, 4.69) is 10.0 Å². The first kappa shape index (κ1) is 14.6. The van der Waals surface area contributed by atoms with Crippen LogP contribution in [0.5, 0.6) is 0 Å². The second-order valence-electron chi connectivity index (χ2n) is 3.84. The SMILES string of the molecule is CC(=O)Nc1cc(S(=O)(=O)NCCN)ccc1C. The topological polar surface area (TPSA) is 101 Å². The molecule has 4 N–H and O–H groups in total. The highest BCUT2D eigenvalue weighted by Crippen LogP contribution is 2.19. The lowest BCUT2D eigenvalue weighted by Crippen LogP contribution is -2.29. The molecule has 0 bridgehead atoms. The van der Waals surface area contributed by atoms with Gasteiger partial charge >= 0.3 is 0 Å². The molecule has 7 heteroatoms. The third-order valence-electron chi connectivity index (χ3n) is 2.27. The maximum Gasteiger partial charge on any atom is 0.240 e. The average Bonchev–Trinajstić information content (AvgIpc) is 2.28. The summed E-state index contributed by atoms with van der Waals surface area (Å²) >= 11 is 0.